The van der Waals surface area contributed by atoms with Crippen molar-refractivity contribution in [2.45, 2.75) is 114 Å². The summed E-state index contributed by atoms with van der Waals surface area (Å²) in [5.41, 5.74) is 15.1. The van der Waals surface area contributed by atoms with Crippen molar-refractivity contribution >= 4 is 107 Å². The van der Waals surface area contributed by atoms with Gasteiger partial charge in [-0.2, -0.15) is 0 Å². The molecule has 0 unspecified atom stereocenters. The molecule has 8 rings (SSSR count). The zero-order chi connectivity index (χ0) is 62.9. The Kier molecular flexibility index (Phi) is 23.0. The molecule has 6 aromatic carbocycles. The minimum Gasteiger partial charge on any atom is -0.508 e. The molecule has 1 aromatic heterocycles. The molecule has 88 heavy (non-hydrogen) atoms. The van der Waals surface area contributed by atoms with E-state index >= 15 is 9.59 Å². The molecule has 1 fully saturated rings. The van der Waals surface area contributed by atoms with Crippen LogP contribution in [0, 0.1) is 5.92 Å². The van der Waals surface area contributed by atoms with Gasteiger partial charge in [-0.3, -0.25) is 43.2 Å². The Labute approximate surface area is 517 Å². The lowest BCUT2D eigenvalue weighted by molar-refractivity contribution is -0.136. The Bertz CT molecular complexity index is 3660. The van der Waals surface area contributed by atoms with E-state index in [1.165, 1.54) is 19.1 Å². The Balaban J connectivity index is 1.16. The zero-order valence-electron chi connectivity index (χ0n) is 49.1. The van der Waals surface area contributed by atoms with Gasteiger partial charge in [-0.05, 0) is 93.7 Å². The Morgan fingerprint density at radius 3 is 1.78 bits per heavy atom. The number of hydrogen-bond acceptors (Lipinski definition) is 13. The van der Waals surface area contributed by atoms with Crippen LogP contribution in [0.25, 0.3) is 32.4 Å². The number of rotatable bonds is 19. The van der Waals surface area contributed by atoms with Crippen LogP contribution < -0.4 is 54.0 Å². The van der Waals surface area contributed by atoms with Crippen molar-refractivity contribution in [3.05, 3.63) is 162 Å². The molecule has 1 saturated heterocycles. The number of amides is 9. The highest BCUT2D eigenvalue weighted by Crippen LogP contribution is 2.26. The Morgan fingerprint density at radius 1 is 0.602 bits per heavy atom. The van der Waals surface area contributed by atoms with E-state index in [2.05, 4.69) is 47.5 Å². The lowest BCUT2D eigenvalue weighted by Crippen LogP contribution is -2.62. The summed E-state index contributed by atoms with van der Waals surface area (Å²) >= 11 is 0. The molecular weight excluding hydrogens is 1160 g/mol. The minimum atomic E-state index is -1.46. The summed E-state index contributed by atoms with van der Waals surface area (Å²) in [6.07, 6.45) is 2.36. The van der Waals surface area contributed by atoms with Gasteiger partial charge in [-0.1, -0.05) is 151 Å². The van der Waals surface area contributed by atoms with Crippen molar-refractivity contribution in [3.8, 4) is 5.75 Å². The van der Waals surface area contributed by atoms with E-state index in [1.807, 2.05) is 109 Å². The van der Waals surface area contributed by atoms with E-state index < -0.39 is 107 Å². The highest BCUT2D eigenvalue weighted by atomic mass is 33.1. The number of nitrogens with two attached hydrogens (primary N) is 2. The number of H-pyrrole nitrogens is 1. The maximum absolute atomic E-state index is 15.1. The minimum absolute atomic E-state index is 0.00163. The monoisotopic (exact) mass is 1230 g/mol. The quantitative estimate of drug-likeness (QED) is 0.0403. The normalized spacial score (nSPS) is 19.9. The first-order valence-electron chi connectivity index (χ1n) is 29.2. The van der Waals surface area contributed by atoms with Crippen molar-refractivity contribution in [2.75, 3.05) is 18.1 Å². The molecule has 1 aliphatic rings. The second-order valence-corrected chi connectivity index (χ2v) is 24.9. The Hall–Kier alpha value is -8.93. The average molecular weight is 1230 g/mol. The lowest BCUT2D eigenvalue weighted by Gasteiger charge is -2.29. The predicted octanol–water partition coefficient (Wildman–Crippen LogP) is 4.01. The van der Waals surface area contributed by atoms with Gasteiger partial charge in [0.1, 0.15) is 54.1 Å². The molecule has 0 spiro atoms. The number of fused-ring (bicyclic) bond motifs is 3. The summed E-state index contributed by atoms with van der Waals surface area (Å²) in [7, 11) is 2.08. The zero-order valence-corrected chi connectivity index (χ0v) is 50.8. The molecule has 462 valence electrons. The standard InChI is InChI=1S/C65H75N11O10S2/c1-37(2)57-65(86)75-56(63(84)71-51(58(67)79)31-40-19-23-42-12-4-6-14-44(42)28-40)36-88-87-35-55(74-60(81)52(69-38(3)77)32-41-20-24-43-13-5-7-15-45(43)29-41)64(85)72-53(30-39-21-25-47(78)26-22-39)61(82)73-54(33-46-34-68-49-17-9-8-16-48(46)49)62(83)70-50(59(80)76-57)18-10-11-27-66/h4-9,12-17,19-26,28-29,34,37,50-57,68,78H,10-11,18,27,30-33,35-36,66H2,1-3H3,(H2,67,79)(H,69,77)(H,70,83)(H,71,84)(H,72,85)(H,73,82)(H,74,81)(H,75,86)(H,76,80)/t50-,51+,52-,53-,54+,55-,56+,57+/m1/s1. The number of aromatic hydroxyl groups is 1. The number of carbonyl (C=O) groups excluding carboxylic acids is 9. The molecule has 9 amide bonds. The third-order valence-electron chi connectivity index (χ3n) is 15.2. The van der Waals surface area contributed by atoms with Crippen molar-refractivity contribution in [3.63, 3.8) is 0 Å². The summed E-state index contributed by atoms with van der Waals surface area (Å²) in [5, 5.41) is 37.1. The summed E-state index contributed by atoms with van der Waals surface area (Å²) in [6, 6.07) is 29.1. The number of hydrogen-bond donors (Lipinski definition) is 12. The van der Waals surface area contributed by atoms with Gasteiger partial charge in [0.15, 0.2) is 0 Å². The second-order valence-electron chi connectivity index (χ2n) is 22.3. The molecule has 0 radical (unpaired) electrons. The van der Waals surface area contributed by atoms with E-state index in [0.29, 0.717) is 35.1 Å². The summed E-state index contributed by atoms with van der Waals surface area (Å²) in [5.74, 6) is -7.95. The van der Waals surface area contributed by atoms with Crippen molar-refractivity contribution in [2.24, 2.45) is 17.4 Å². The fourth-order valence-electron chi connectivity index (χ4n) is 10.5. The fraction of sp³-hybridized carbons (Fsp3) is 0.338. The largest absolute Gasteiger partial charge is 0.508 e. The van der Waals surface area contributed by atoms with Gasteiger partial charge in [-0.15, -0.1) is 0 Å². The fourth-order valence-corrected chi connectivity index (χ4v) is 12.8. The smallest absolute Gasteiger partial charge is 0.244 e. The van der Waals surface area contributed by atoms with Gasteiger partial charge in [0.25, 0.3) is 0 Å². The van der Waals surface area contributed by atoms with Crippen LogP contribution in [-0.4, -0.2) is 130 Å². The number of phenols is 1. The van der Waals surface area contributed by atoms with Crippen LogP contribution in [0.1, 0.15) is 62.3 Å². The van der Waals surface area contributed by atoms with Crippen LogP contribution >= 0.6 is 21.6 Å². The highest BCUT2D eigenvalue weighted by Gasteiger charge is 2.37. The molecule has 0 saturated carbocycles. The molecule has 0 bridgehead atoms. The van der Waals surface area contributed by atoms with Crippen LogP contribution in [0.2, 0.25) is 0 Å². The maximum Gasteiger partial charge on any atom is 0.244 e. The van der Waals surface area contributed by atoms with Crippen LogP contribution in [-0.2, 0) is 68.8 Å². The molecular formula is C65H75N11O10S2. The van der Waals surface area contributed by atoms with Gasteiger partial charge in [0.05, 0.1) is 0 Å². The molecule has 14 N–H and O–H groups in total. The average Bonchev–Trinajstić information content (AvgIpc) is 3.54. The van der Waals surface area contributed by atoms with E-state index in [-0.39, 0.29) is 55.9 Å². The maximum atomic E-state index is 15.1. The number of aromatic nitrogens is 1. The van der Waals surface area contributed by atoms with Crippen molar-refractivity contribution in [1.82, 2.24) is 47.5 Å². The number of unbranched alkanes of at least 4 members (excludes halogenated alkanes) is 1. The molecule has 21 nitrogen and oxygen atoms in total. The van der Waals surface area contributed by atoms with Crippen molar-refractivity contribution < 1.29 is 48.3 Å². The molecule has 2 heterocycles. The molecule has 1 aliphatic heterocycles. The SMILES string of the molecule is CC(=O)N[C@H](Cc1ccc2ccccc2c1)C(=O)N[C@@H]1CSSC[C@@H](C(=O)N[C@@H](Cc2ccc3ccccc3c2)C(N)=O)NC(=O)[C@H](C(C)C)NC(=O)[C@@H](CCCCN)NC(=O)[C@H](Cc2c[nH]c3ccccc23)NC(=O)[C@@H](Cc2ccc(O)cc2)NC1=O. The van der Waals surface area contributed by atoms with Gasteiger partial charge in [0, 0.05) is 61.2 Å². The van der Waals surface area contributed by atoms with Gasteiger partial charge in [0.2, 0.25) is 53.2 Å². The summed E-state index contributed by atoms with van der Waals surface area (Å²) in [4.78, 5) is 133. The lowest BCUT2D eigenvalue weighted by atomic mass is 9.99. The topological polar surface area (TPSA) is 338 Å². The number of aromatic amines is 1. The number of carbonyl (C=O) groups is 9. The number of nitrogens with one attached hydrogen (secondary N) is 9. The molecule has 23 heteroatoms. The molecule has 0 aliphatic carbocycles. The van der Waals surface area contributed by atoms with Gasteiger partial charge < -0.3 is 64.1 Å². The third-order valence-corrected chi connectivity index (χ3v) is 17.7. The number of benzene rings is 6. The van der Waals surface area contributed by atoms with E-state index in [1.54, 1.807) is 32.2 Å². The van der Waals surface area contributed by atoms with Crippen molar-refractivity contribution in [1.29, 1.82) is 0 Å². The van der Waals surface area contributed by atoms with Crippen LogP contribution in [0.3, 0.4) is 0 Å². The number of para-hydroxylation sites is 1. The first kappa shape index (κ1) is 65.1. The number of phenolic OH excluding ortho intramolecular Hbond substituents is 1. The third kappa shape index (κ3) is 18.1. The van der Waals surface area contributed by atoms with E-state index in [4.69, 9.17) is 11.5 Å². The van der Waals surface area contributed by atoms with Gasteiger partial charge in [-0.25, -0.2) is 0 Å². The van der Waals surface area contributed by atoms with Crippen LogP contribution in [0.15, 0.2) is 140 Å². The summed E-state index contributed by atoms with van der Waals surface area (Å²) in [6.45, 7) is 4.92. The second kappa shape index (κ2) is 31.1. The Morgan fingerprint density at radius 2 is 1.16 bits per heavy atom. The molecule has 7 aromatic rings. The molecule has 8 atom stereocenters. The van der Waals surface area contributed by atoms with E-state index in [9.17, 15) is 38.7 Å². The van der Waals surface area contributed by atoms with Crippen LogP contribution in [0.5, 0.6) is 5.75 Å². The van der Waals surface area contributed by atoms with E-state index in [0.717, 1.165) is 54.0 Å². The highest BCUT2D eigenvalue weighted by molar-refractivity contribution is 8.76. The first-order chi connectivity index (χ1) is 42.3. The predicted molar refractivity (Wildman–Crippen MR) is 342 cm³/mol. The number of primary amides is 1. The summed E-state index contributed by atoms with van der Waals surface area (Å²) < 4.78 is 0. The van der Waals surface area contributed by atoms with Crippen LogP contribution in [0.4, 0.5) is 0 Å². The van der Waals surface area contributed by atoms with Gasteiger partial charge >= 0.3 is 0 Å². The first-order valence-corrected chi connectivity index (χ1v) is 31.7.